The lowest BCUT2D eigenvalue weighted by atomic mass is 9.88. The van der Waals surface area contributed by atoms with Crippen molar-refractivity contribution in [1.29, 1.82) is 0 Å². The molecule has 2 aliphatic rings. The molecule has 0 N–H and O–H groups in total. The number of hydrogen-bond acceptors (Lipinski definition) is 1. The second-order valence-electron chi connectivity index (χ2n) is 5.61. The van der Waals surface area contributed by atoms with Crippen LogP contribution in [0.15, 0.2) is 48.0 Å². The minimum Gasteiger partial charge on any atom is -0.313 e. The smallest absolute Gasteiger partial charge is 0.0577 e. The first-order valence-corrected chi connectivity index (χ1v) is 6.79. The number of hydrogen-bond donors (Lipinski definition) is 0. The highest BCUT2D eigenvalue weighted by molar-refractivity contribution is 5.90. The van der Waals surface area contributed by atoms with Gasteiger partial charge in [0.05, 0.1) is 11.9 Å². The highest BCUT2D eigenvalue weighted by Crippen LogP contribution is 2.42. The Morgan fingerprint density at radius 1 is 1.32 bits per heavy atom. The van der Waals surface area contributed by atoms with E-state index in [1.165, 1.54) is 39.2 Å². The Morgan fingerprint density at radius 2 is 2.11 bits per heavy atom. The van der Waals surface area contributed by atoms with E-state index in [9.17, 15) is 0 Å². The maximum Gasteiger partial charge on any atom is 0.0577 e. The second kappa shape index (κ2) is 4.29. The van der Waals surface area contributed by atoms with Gasteiger partial charge in [-0.2, -0.15) is 0 Å². The molecule has 1 aromatic rings. The summed E-state index contributed by atoms with van der Waals surface area (Å²) < 4.78 is 0. The van der Waals surface area contributed by atoms with Gasteiger partial charge in [-0.25, -0.2) is 0 Å². The van der Waals surface area contributed by atoms with Crippen molar-refractivity contribution in [2.24, 2.45) is 0 Å². The van der Waals surface area contributed by atoms with Crippen LogP contribution in [0.1, 0.15) is 37.0 Å². The zero-order valence-corrected chi connectivity index (χ0v) is 11.9. The fourth-order valence-corrected chi connectivity index (χ4v) is 2.87. The van der Waals surface area contributed by atoms with E-state index >= 15 is 0 Å². The molecule has 0 unspecified atom stereocenters. The van der Waals surface area contributed by atoms with Crippen LogP contribution in [0.5, 0.6) is 0 Å². The number of benzene rings is 1. The molecule has 96 valence electrons. The summed E-state index contributed by atoms with van der Waals surface area (Å²) in [6.45, 7) is 10.6. The highest BCUT2D eigenvalue weighted by atomic mass is 15.1. The molecule has 2 heterocycles. The SMILES string of the molecule is C=C1CCc2ccc(C)c3c2N1C=C=C3C=C(C)C. The Balaban J connectivity index is 2.32. The van der Waals surface area contributed by atoms with Crippen LogP contribution in [-0.2, 0) is 6.42 Å². The molecule has 0 aliphatic carbocycles. The van der Waals surface area contributed by atoms with Crippen molar-refractivity contribution >= 4 is 11.3 Å². The Kier molecular flexibility index (Phi) is 2.73. The third kappa shape index (κ3) is 1.87. The summed E-state index contributed by atoms with van der Waals surface area (Å²) in [6.07, 6.45) is 6.38. The van der Waals surface area contributed by atoms with Crippen molar-refractivity contribution in [2.45, 2.75) is 33.6 Å². The maximum atomic E-state index is 4.19. The van der Waals surface area contributed by atoms with E-state index in [1.54, 1.807) is 0 Å². The first-order chi connectivity index (χ1) is 9.08. The predicted molar refractivity (Wildman–Crippen MR) is 82.0 cm³/mol. The molecular formula is C18H19N. The van der Waals surface area contributed by atoms with Crippen molar-refractivity contribution < 1.29 is 0 Å². The van der Waals surface area contributed by atoms with Crippen LogP contribution in [0.25, 0.3) is 5.57 Å². The van der Waals surface area contributed by atoms with E-state index in [1.807, 2.05) is 6.20 Å². The molecule has 2 aliphatic heterocycles. The first-order valence-electron chi connectivity index (χ1n) is 6.79. The lowest BCUT2D eigenvalue weighted by molar-refractivity contribution is 0.857. The van der Waals surface area contributed by atoms with Crippen molar-refractivity contribution in [2.75, 3.05) is 4.90 Å². The first kappa shape index (κ1) is 12.1. The minimum atomic E-state index is 1.03. The van der Waals surface area contributed by atoms with Crippen LogP contribution in [0.3, 0.4) is 0 Å². The molecule has 0 atom stereocenters. The Labute approximate surface area is 115 Å². The molecule has 0 spiro atoms. The maximum absolute atomic E-state index is 4.19. The quantitative estimate of drug-likeness (QED) is 0.650. The van der Waals surface area contributed by atoms with E-state index in [2.05, 4.69) is 56.2 Å². The lowest BCUT2D eigenvalue weighted by Gasteiger charge is -2.34. The van der Waals surface area contributed by atoms with Gasteiger partial charge >= 0.3 is 0 Å². The zero-order valence-electron chi connectivity index (χ0n) is 11.9. The van der Waals surface area contributed by atoms with Crippen LogP contribution in [0, 0.1) is 6.92 Å². The van der Waals surface area contributed by atoms with E-state index < -0.39 is 0 Å². The number of aryl methyl sites for hydroxylation is 2. The Morgan fingerprint density at radius 3 is 2.84 bits per heavy atom. The summed E-state index contributed by atoms with van der Waals surface area (Å²) in [5, 5.41) is 0. The molecule has 19 heavy (non-hydrogen) atoms. The summed E-state index contributed by atoms with van der Waals surface area (Å²) in [6, 6.07) is 4.49. The normalized spacial score (nSPS) is 16.1. The molecule has 0 bridgehead atoms. The van der Waals surface area contributed by atoms with Gasteiger partial charge in [-0.1, -0.05) is 30.0 Å². The Bertz CT molecular complexity index is 663. The molecule has 0 fully saturated rings. The van der Waals surface area contributed by atoms with Crippen LogP contribution < -0.4 is 4.90 Å². The third-order valence-electron chi connectivity index (χ3n) is 3.79. The summed E-state index contributed by atoms with van der Waals surface area (Å²) in [4.78, 5) is 2.21. The molecule has 0 aromatic heterocycles. The van der Waals surface area contributed by atoms with E-state index in [0.29, 0.717) is 0 Å². The summed E-state index contributed by atoms with van der Waals surface area (Å²) in [7, 11) is 0. The van der Waals surface area contributed by atoms with E-state index in [4.69, 9.17) is 0 Å². The molecule has 0 saturated carbocycles. The summed E-state index contributed by atoms with van der Waals surface area (Å²) in [5.41, 5.74) is 12.5. The summed E-state index contributed by atoms with van der Waals surface area (Å²) in [5.74, 6) is 0. The van der Waals surface area contributed by atoms with Gasteiger partial charge in [0.15, 0.2) is 0 Å². The topological polar surface area (TPSA) is 3.24 Å². The second-order valence-corrected chi connectivity index (χ2v) is 5.61. The molecule has 0 saturated heterocycles. The van der Waals surface area contributed by atoms with Crippen molar-refractivity contribution in [3.05, 3.63) is 64.7 Å². The third-order valence-corrected chi connectivity index (χ3v) is 3.79. The van der Waals surface area contributed by atoms with Gasteiger partial charge in [0, 0.05) is 16.8 Å². The van der Waals surface area contributed by atoms with E-state index in [0.717, 1.165) is 12.8 Å². The summed E-state index contributed by atoms with van der Waals surface area (Å²) >= 11 is 0. The van der Waals surface area contributed by atoms with Crippen LogP contribution in [0.2, 0.25) is 0 Å². The largest absolute Gasteiger partial charge is 0.313 e. The molecule has 0 amide bonds. The van der Waals surface area contributed by atoms with Gasteiger partial charge in [0.2, 0.25) is 0 Å². The van der Waals surface area contributed by atoms with Crippen LogP contribution >= 0.6 is 0 Å². The average Bonchev–Trinajstić information content (AvgIpc) is 2.36. The molecule has 1 aromatic carbocycles. The van der Waals surface area contributed by atoms with Crippen molar-refractivity contribution in [1.82, 2.24) is 0 Å². The number of anilines is 1. The molecular weight excluding hydrogens is 230 g/mol. The lowest BCUT2D eigenvalue weighted by Crippen LogP contribution is -2.24. The number of rotatable bonds is 1. The van der Waals surface area contributed by atoms with Gasteiger partial charge in [-0.05, 0) is 50.8 Å². The fourth-order valence-electron chi connectivity index (χ4n) is 2.87. The number of allylic oxidation sites excluding steroid dienone is 4. The highest BCUT2D eigenvalue weighted by Gasteiger charge is 2.25. The minimum absolute atomic E-state index is 1.03. The van der Waals surface area contributed by atoms with Crippen molar-refractivity contribution in [3.8, 4) is 0 Å². The standard InChI is InChI=1S/C18H19N/c1-12(2)11-16-9-10-19-14(4)6-8-15-7-5-13(3)17(16)18(15)19/h5,7,10-11H,4,6,8H2,1-3H3. The van der Waals surface area contributed by atoms with E-state index in [-0.39, 0.29) is 0 Å². The van der Waals surface area contributed by atoms with Crippen LogP contribution in [0.4, 0.5) is 5.69 Å². The van der Waals surface area contributed by atoms with Crippen LogP contribution in [-0.4, -0.2) is 0 Å². The molecule has 1 nitrogen and oxygen atoms in total. The molecule has 1 heteroatoms. The van der Waals surface area contributed by atoms with Gasteiger partial charge < -0.3 is 4.90 Å². The van der Waals surface area contributed by atoms with Crippen molar-refractivity contribution in [3.63, 3.8) is 0 Å². The van der Waals surface area contributed by atoms with Gasteiger partial charge in [0.1, 0.15) is 0 Å². The predicted octanol–water partition coefficient (Wildman–Crippen LogP) is 4.74. The van der Waals surface area contributed by atoms with Gasteiger partial charge in [-0.3, -0.25) is 0 Å². The Hall–Kier alpha value is -1.98. The monoisotopic (exact) mass is 249 g/mol. The molecule has 0 radical (unpaired) electrons. The molecule has 3 rings (SSSR count). The van der Waals surface area contributed by atoms with Gasteiger partial charge in [0.25, 0.3) is 0 Å². The average molecular weight is 249 g/mol. The fraction of sp³-hybridized carbons (Fsp3) is 0.278. The van der Waals surface area contributed by atoms with Gasteiger partial charge in [-0.15, -0.1) is 0 Å². The number of nitrogens with zero attached hydrogens (tertiary/aromatic N) is 1. The zero-order chi connectivity index (χ0) is 13.6.